The summed E-state index contributed by atoms with van der Waals surface area (Å²) in [5.41, 5.74) is 1.95. The molecule has 0 fully saturated rings. The van der Waals surface area contributed by atoms with Crippen molar-refractivity contribution < 1.29 is 9.18 Å². The highest BCUT2D eigenvalue weighted by Crippen LogP contribution is 2.21. The molecule has 0 N–H and O–H groups in total. The van der Waals surface area contributed by atoms with Gasteiger partial charge < -0.3 is 0 Å². The van der Waals surface area contributed by atoms with Gasteiger partial charge >= 0.3 is 0 Å². The molecule has 0 aromatic heterocycles. The molecule has 3 nitrogen and oxygen atoms in total. The lowest BCUT2D eigenvalue weighted by atomic mass is 10.1. The fourth-order valence-electron chi connectivity index (χ4n) is 1.94. The van der Waals surface area contributed by atoms with E-state index in [0.717, 1.165) is 11.3 Å². The summed E-state index contributed by atoms with van der Waals surface area (Å²) in [5.74, 6) is -0.495. The molecule has 98 valence electrons. The zero-order chi connectivity index (χ0) is 13.9. The van der Waals surface area contributed by atoms with Crippen LogP contribution in [-0.2, 0) is 4.79 Å². The van der Waals surface area contributed by atoms with Crippen molar-refractivity contribution in [3.05, 3.63) is 71.6 Å². The van der Waals surface area contributed by atoms with Crippen LogP contribution in [0.4, 0.5) is 10.1 Å². The number of hydrogen-bond donors (Lipinski definition) is 0. The number of anilines is 1. The van der Waals surface area contributed by atoms with E-state index in [4.69, 9.17) is 0 Å². The maximum Gasteiger partial charge on any atom is 0.280 e. The minimum atomic E-state index is -0.301. The lowest BCUT2D eigenvalue weighted by Gasteiger charge is -2.11. The molecular weight excluding hydrogens is 255 g/mol. The standard InChI is InChI=1S/C16H11FN2O/c17-14-8-6-12(7-9-14)10-13-11-18-19(16(13)20)15-4-2-1-3-5-15/h1-11H/b13-10-. The first-order valence-electron chi connectivity index (χ1n) is 6.15. The van der Waals surface area contributed by atoms with Crippen LogP contribution in [0.25, 0.3) is 6.08 Å². The maximum atomic E-state index is 12.8. The quantitative estimate of drug-likeness (QED) is 0.768. The molecule has 0 aliphatic carbocycles. The number of hydrazone groups is 1. The largest absolute Gasteiger partial charge is 0.280 e. The molecule has 0 spiro atoms. The second-order valence-electron chi connectivity index (χ2n) is 4.35. The monoisotopic (exact) mass is 266 g/mol. The first-order chi connectivity index (χ1) is 9.74. The SMILES string of the molecule is O=C1/C(=C\c2ccc(F)cc2)C=NN1c1ccccc1. The van der Waals surface area contributed by atoms with Crippen LogP contribution < -0.4 is 5.01 Å². The Morgan fingerprint density at radius 2 is 1.70 bits per heavy atom. The Morgan fingerprint density at radius 3 is 2.40 bits per heavy atom. The van der Waals surface area contributed by atoms with Crippen molar-refractivity contribution in [2.75, 3.05) is 5.01 Å². The fraction of sp³-hybridized carbons (Fsp3) is 0. The Morgan fingerprint density at radius 1 is 1.00 bits per heavy atom. The average Bonchev–Trinajstić information content (AvgIpc) is 2.84. The van der Waals surface area contributed by atoms with E-state index >= 15 is 0 Å². The Kier molecular flexibility index (Phi) is 3.13. The van der Waals surface area contributed by atoms with Gasteiger partial charge in [-0.15, -0.1) is 0 Å². The highest BCUT2D eigenvalue weighted by molar-refractivity contribution is 6.25. The van der Waals surface area contributed by atoms with Crippen molar-refractivity contribution in [2.45, 2.75) is 0 Å². The molecule has 2 aromatic carbocycles. The molecular formula is C16H11FN2O. The molecule has 4 heteroatoms. The van der Waals surface area contributed by atoms with Gasteiger partial charge in [0.15, 0.2) is 0 Å². The summed E-state index contributed by atoms with van der Waals surface area (Å²) in [7, 11) is 0. The van der Waals surface area contributed by atoms with Gasteiger partial charge in [-0.1, -0.05) is 30.3 Å². The van der Waals surface area contributed by atoms with E-state index in [1.54, 1.807) is 18.2 Å². The second-order valence-corrected chi connectivity index (χ2v) is 4.35. The number of halogens is 1. The van der Waals surface area contributed by atoms with Crippen LogP contribution in [0.15, 0.2) is 65.3 Å². The number of carbonyl (C=O) groups excluding carboxylic acids is 1. The van der Waals surface area contributed by atoms with Gasteiger partial charge in [-0.3, -0.25) is 4.79 Å². The zero-order valence-corrected chi connectivity index (χ0v) is 10.5. The second kappa shape index (κ2) is 5.09. The lowest BCUT2D eigenvalue weighted by Crippen LogP contribution is -2.20. The molecule has 0 atom stereocenters. The van der Waals surface area contributed by atoms with E-state index in [0.29, 0.717) is 5.57 Å². The van der Waals surface area contributed by atoms with Crippen molar-refractivity contribution in [3.8, 4) is 0 Å². The normalized spacial score (nSPS) is 16.1. The van der Waals surface area contributed by atoms with Gasteiger partial charge in [-0.2, -0.15) is 10.1 Å². The molecule has 3 rings (SSSR count). The first-order valence-corrected chi connectivity index (χ1v) is 6.15. The van der Waals surface area contributed by atoms with E-state index in [2.05, 4.69) is 5.10 Å². The summed E-state index contributed by atoms with van der Waals surface area (Å²) < 4.78 is 12.8. The zero-order valence-electron chi connectivity index (χ0n) is 10.5. The smallest absolute Gasteiger partial charge is 0.267 e. The Hall–Kier alpha value is -2.75. The highest BCUT2D eigenvalue weighted by Gasteiger charge is 2.23. The van der Waals surface area contributed by atoms with Gasteiger partial charge in [-0.25, -0.2) is 4.39 Å². The minimum absolute atomic E-state index is 0.194. The molecule has 1 heterocycles. The molecule has 1 amide bonds. The van der Waals surface area contributed by atoms with Crippen molar-refractivity contribution in [3.63, 3.8) is 0 Å². The van der Waals surface area contributed by atoms with Crippen molar-refractivity contribution in [1.29, 1.82) is 0 Å². The summed E-state index contributed by atoms with van der Waals surface area (Å²) >= 11 is 0. The van der Waals surface area contributed by atoms with E-state index in [1.807, 2.05) is 30.3 Å². The Labute approximate surface area is 115 Å². The molecule has 20 heavy (non-hydrogen) atoms. The molecule has 2 aromatic rings. The first kappa shape index (κ1) is 12.3. The summed E-state index contributed by atoms with van der Waals surface area (Å²) in [4.78, 5) is 12.2. The summed E-state index contributed by atoms with van der Waals surface area (Å²) in [5, 5.41) is 5.44. The van der Waals surface area contributed by atoms with Crippen LogP contribution >= 0.6 is 0 Å². The van der Waals surface area contributed by atoms with Crippen LogP contribution in [0.1, 0.15) is 5.56 Å². The number of amides is 1. The molecule has 1 aliphatic rings. The fourth-order valence-corrected chi connectivity index (χ4v) is 1.94. The van der Waals surface area contributed by atoms with Crippen molar-refractivity contribution in [2.24, 2.45) is 5.10 Å². The van der Waals surface area contributed by atoms with Crippen molar-refractivity contribution >= 4 is 23.9 Å². The molecule has 1 aliphatic heterocycles. The molecule has 0 saturated carbocycles. The van der Waals surface area contributed by atoms with E-state index in [1.165, 1.54) is 23.4 Å². The third-order valence-electron chi connectivity index (χ3n) is 2.94. The number of para-hydroxylation sites is 1. The average molecular weight is 266 g/mol. The summed E-state index contributed by atoms with van der Waals surface area (Å²) in [6.45, 7) is 0. The number of carbonyl (C=O) groups is 1. The van der Waals surface area contributed by atoms with Gasteiger partial charge in [0.2, 0.25) is 0 Å². The molecule has 0 unspecified atom stereocenters. The van der Waals surface area contributed by atoms with Crippen molar-refractivity contribution in [1.82, 2.24) is 0 Å². The van der Waals surface area contributed by atoms with Gasteiger partial charge in [0, 0.05) is 0 Å². The van der Waals surface area contributed by atoms with E-state index in [9.17, 15) is 9.18 Å². The Balaban J connectivity index is 1.86. The van der Waals surface area contributed by atoms with E-state index < -0.39 is 0 Å². The van der Waals surface area contributed by atoms with Crippen LogP contribution in [0.3, 0.4) is 0 Å². The van der Waals surface area contributed by atoms with E-state index in [-0.39, 0.29) is 11.7 Å². The molecule has 0 radical (unpaired) electrons. The number of rotatable bonds is 2. The topological polar surface area (TPSA) is 32.7 Å². The molecule has 0 saturated heterocycles. The summed E-state index contributed by atoms with van der Waals surface area (Å²) in [6.07, 6.45) is 3.20. The maximum absolute atomic E-state index is 12.8. The van der Waals surface area contributed by atoms with Gasteiger partial charge in [-0.05, 0) is 35.9 Å². The third kappa shape index (κ3) is 2.36. The van der Waals surface area contributed by atoms with Crippen LogP contribution in [0.2, 0.25) is 0 Å². The Bertz CT molecular complexity index is 690. The predicted octanol–water partition coefficient (Wildman–Crippen LogP) is 3.24. The highest BCUT2D eigenvalue weighted by atomic mass is 19.1. The molecule has 0 bridgehead atoms. The number of benzene rings is 2. The van der Waals surface area contributed by atoms with Gasteiger partial charge in [0.25, 0.3) is 5.91 Å². The number of hydrogen-bond acceptors (Lipinski definition) is 2. The van der Waals surface area contributed by atoms with Crippen LogP contribution in [-0.4, -0.2) is 12.1 Å². The van der Waals surface area contributed by atoms with Crippen LogP contribution in [0, 0.1) is 5.82 Å². The predicted molar refractivity (Wildman–Crippen MR) is 76.8 cm³/mol. The third-order valence-corrected chi connectivity index (χ3v) is 2.94. The van der Waals surface area contributed by atoms with Gasteiger partial charge in [0.1, 0.15) is 5.82 Å². The lowest BCUT2D eigenvalue weighted by molar-refractivity contribution is -0.114. The summed E-state index contributed by atoms with van der Waals surface area (Å²) in [6, 6.07) is 15.2. The number of nitrogens with zero attached hydrogens (tertiary/aromatic N) is 2. The van der Waals surface area contributed by atoms with Gasteiger partial charge in [0.05, 0.1) is 17.5 Å². The minimum Gasteiger partial charge on any atom is -0.267 e. The van der Waals surface area contributed by atoms with Crippen LogP contribution in [0.5, 0.6) is 0 Å².